The summed E-state index contributed by atoms with van der Waals surface area (Å²) in [6.07, 6.45) is 0.282. The lowest BCUT2D eigenvalue weighted by molar-refractivity contribution is -0.145. The van der Waals surface area contributed by atoms with Gasteiger partial charge in [-0.1, -0.05) is 19.1 Å². The predicted molar refractivity (Wildman–Crippen MR) is 119 cm³/mol. The Bertz CT molecular complexity index is 1190. The van der Waals surface area contributed by atoms with E-state index in [1.54, 1.807) is 7.11 Å². The van der Waals surface area contributed by atoms with E-state index in [0.29, 0.717) is 5.82 Å². The van der Waals surface area contributed by atoms with Crippen molar-refractivity contribution in [1.29, 1.82) is 0 Å². The number of fused-ring (bicyclic) bond motifs is 1. The average Bonchev–Trinajstić information content (AvgIpc) is 3.31. The molecule has 0 aliphatic rings. The van der Waals surface area contributed by atoms with Crippen LogP contribution in [0.4, 0.5) is 0 Å². The van der Waals surface area contributed by atoms with Gasteiger partial charge in [0.15, 0.2) is 5.82 Å². The Kier molecular flexibility index (Phi) is 5.75. The van der Waals surface area contributed by atoms with Gasteiger partial charge in [0.2, 0.25) is 0 Å². The minimum atomic E-state index is -0.263. The van der Waals surface area contributed by atoms with Gasteiger partial charge in [-0.2, -0.15) is 5.10 Å². The van der Waals surface area contributed by atoms with Gasteiger partial charge in [-0.3, -0.25) is 14.5 Å². The van der Waals surface area contributed by atoms with Crippen LogP contribution in [0, 0.1) is 13.8 Å². The van der Waals surface area contributed by atoms with Crippen molar-refractivity contribution in [3.8, 4) is 11.4 Å². The third-order valence-electron chi connectivity index (χ3n) is 5.47. The van der Waals surface area contributed by atoms with Crippen molar-refractivity contribution >= 4 is 17.0 Å². The van der Waals surface area contributed by atoms with Gasteiger partial charge < -0.3 is 9.47 Å². The highest BCUT2D eigenvalue weighted by Crippen LogP contribution is 2.26. The maximum atomic E-state index is 12.6. The van der Waals surface area contributed by atoms with Crippen molar-refractivity contribution in [1.82, 2.24) is 19.7 Å². The molecule has 2 aromatic heterocycles. The third kappa shape index (κ3) is 4.17. The molecule has 0 fully saturated rings. The van der Waals surface area contributed by atoms with Crippen LogP contribution in [0.2, 0.25) is 0 Å². The molecule has 0 aliphatic heterocycles. The molecule has 1 N–H and O–H groups in total. The first-order valence-corrected chi connectivity index (χ1v) is 10.3. The third-order valence-corrected chi connectivity index (χ3v) is 5.47. The van der Waals surface area contributed by atoms with Crippen LogP contribution in [0.3, 0.4) is 0 Å². The molecule has 1 unspecified atom stereocenters. The number of hydrogen-bond acceptors (Lipinski definition) is 5. The van der Waals surface area contributed by atoms with Crippen molar-refractivity contribution in [2.45, 2.75) is 39.7 Å². The summed E-state index contributed by atoms with van der Waals surface area (Å²) in [5, 5.41) is 7.19. The van der Waals surface area contributed by atoms with E-state index in [-0.39, 0.29) is 24.9 Å². The molecule has 0 radical (unpaired) electrons. The Labute approximate surface area is 181 Å². The predicted octanol–water partition coefficient (Wildman–Crippen LogP) is 4.61. The molecule has 2 heterocycles. The monoisotopic (exact) mass is 418 g/mol. The van der Waals surface area contributed by atoms with E-state index in [1.165, 1.54) is 0 Å². The number of para-hydroxylation sites is 2. The summed E-state index contributed by atoms with van der Waals surface area (Å²) < 4.78 is 12.9. The number of ether oxygens (including phenoxy) is 2. The molecule has 31 heavy (non-hydrogen) atoms. The van der Waals surface area contributed by atoms with Crippen molar-refractivity contribution in [3.05, 3.63) is 71.3 Å². The van der Waals surface area contributed by atoms with Gasteiger partial charge in [-0.05, 0) is 61.7 Å². The van der Waals surface area contributed by atoms with Crippen molar-refractivity contribution in [2.75, 3.05) is 7.11 Å². The fourth-order valence-corrected chi connectivity index (χ4v) is 4.03. The molecular weight excluding hydrogens is 392 g/mol. The topological polar surface area (TPSA) is 82.0 Å². The Morgan fingerprint density at radius 2 is 1.87 bits per heavy atom. The molecule has 0 bridgehead atoms. The van der Waals surface area contributed by atoms with E-state index >= 15 is 0 Å². The summed E-state index contributed by atoms with van der Waals surface area (Å²) in [6.45, 7) is 6.01. The van der Waals surface area contributed by atoms with E-state index in [2.05, 4.69) is 10.2 Å². The van der Waals surface area contributed by atoms with Crippen LogP contribution in [0.25, 0.3) is 16.7 Å². The standard InChI is InChI=1S/C24H26N4O3/c1-15(24-16(2)26-27-17(24)3)13-23(29)31-14-22-25-20-7-5-6-8-21(20)28(22)18-9-11-19(30-4)12-10-18/h5-12,15H,13-14H2,1-4H3,(H,26,27). The van der Waals surface area contributed by atoms with Gasteiger partial charge in [0.1, 0.15) is 12.4 Å². The highest BCUT2D eigenvalue weighted by Gasteiger charge is 2.20. The highest BCUT2D eigenvalue weighted by molar-refractivity contribution is 5.78. The average molecular weight is 418 g/mol. The molecule has 0 saturated heterocycles. The lowest BCUT2D eigenvalue weighted by Gasteiger charge is -2.13. The second-order valence-electron chi connectivity index (χ2n) is 7.66. The second-order valence-corrected chi connectivity index (χ2v) is 7.66. The van der Waals surface area contributed by atoms with Gasteiger partial charge in [0, 0.05) is 11.4 Å². The van der Waals surface area contributed by atoms with Gasteiger partial charge in [-0.15, -0.1) is 0 Å². The molecule has 0 saturated carbocycles. The molecule has 2 aromatic carbocycles. The first kappa shape index (κ1) is 20.7. The molecule has 0 amide bonds. The zero-order valence-corrected chi connectivity index (χ0v) is 18.2. The zero-order valence-electron chi connectivity index (χ0n) is 18.2. The van der Waals surface area contributed by atoms with Crippen LogP contribution >= 0.6 is 0 Å². The number of carbonyl (C=O) groups excluding carboxylic acids is 1. The molecule has 0 spiro atoms. The smallest absolute Gasteiger partial charge is 0.306 e. The Morgan fingerprint density at radius 1 is 1.13 bits per heavy atom. The van der Waals surface area contributed by atoms with Crippen LogP contribution in [0.1, 0.15) is 42.0 Å². The summed E-state index contributed by atoms with van der Waals surface area (Å²) >= 11 is 0. The fourth-order valence-electron chi connectivity index (χ4n) is 4.03. The Hall–Kier alpha value is -3.61. The number of nitrogens with zero attached hydrogens (tertiary/aromatic N) is 3. The summed E-state index contributed by atoms with van der Waals surface area (Å²) in [6, 6.07) is 15.6. The molecular formula is C24H26N4O3. The molecule has 160 valence electrons. The van der Waals surface area contributed by atoms with E-state index in [9.17, 15) is 4.79 Å². The second kappa shape index (κ2) is 8.63. The number of aromatic amines is 1. The van der Waals surface area contributed by atoms with Crippen LogP contribution in [-0.4, -0.2) is 32.8 Å². The number of imidazole rings is 1. The number of carbonyl (C=O) groups is 1. The molecule has 4 aromatic rings. The number of nitrogens with one attached hydrogen (secondary N) is 1. The van der Waals surface area contributed by atoms with Crippen LogP contribution < -0.4 is 4.74 Å². The Balaban J connectivity index is 1.55. The lowest BCUT2D eigenvalue weighted by Crippen LogP contribution is -2.12. The molecule has 1 atom stereocenters. The van der Waals surface area contributed by atoms with Crippen molar-refractivity contribution < 1.29 is 14.3 Å². The number of aryl methyl sites for hydroxylation is 2. The van der Waals surface area contributed by atoms with Crippen molar-refractivity contribution in [3.63, 3.8) is 0 Å². The highest BCUT2D eigenvalue weighted by atomic mass is 16.5. The van der Waals surface area contributed by atoms with E-state index in [1.807, 2.05) is 73.9 Å². The van der Waals surface area contributed by atoms with E-state index in [4.69, 9.17) is 14.5 Å². The Morgan fingerprint density at radius 3 is 2.55 bits per heavy atom. The van der Waals surface area contributed by atoms with Crippen LogP contribution in [0.15, 0.2) is 48.5 Å². The van der Waals surface area contributed by atoms with Gasteiger partial charge in [0.25, 0.3) is 0 Å². The SMILES string of the molecule is COc1ccc(-n2c(COC(=O)CC(C)c3c(C)n[nH]c3C)nc3ccccc32)cc1. The van der Waals surface area contributed by atoms with Gasteiger partial charge in [-0.25, -0.2) is 4.98 Å². The van der Waals surface area contributed by atoms with Gasteiger partial charge in [0.05, 0.1) is 30.3 Å². The first-order chi connectivity index (χ1) is 15.0. The normalized spacial score (nSPS) is 12.1. The molecule has 7 nitrogen and oxygen atoms in total. The van der Waals surface area contributed by atoms with E-state index < -0.39 is 0 Å². The number of H-pyrrole nitrogens is 1. The quantitative estimate of drug-likeness (QED) is 0.443. The van der Waals surface area contributed by atoms with E-state index in [0.717, 1.165) is 39.4 Å². The summed E-state index contributed by atoms with van der Waals surface area (Å²) in [7, 11) is 1.64. The number of hydrogen-bond donors (Lipinski definition) is 1. The largest absolute Gasteiger partial charge is 0.497 e. The maximum absolute atomic E-state index is 12.6. The van der Waals surface area contributed by atoms with Gasteiger partial charge >= 0.3 is 5.97 Å². The molecule has 7 heteroatoms. The fraction of sp³-hybridized carbons (Fsp3) is 0.292. The number of methoxy groups -OCH3 is 1. The summed E-state index contributed by atoms with van der Waals surface area (Å²) in [5.41, 5.74) is 5.71. The number of esters is 1. The van der Waals surface area contributed by atoms with Crippen molar-refractivity contribution in [2.24, 2.45) is 0 Å². The zero-order chi connectivity index (χ0) is 22.0. The number of aromatic nitrogens is 4. The first-order valence-electron chi connectivity index (χ1n) is 10.3. The van der Waals surface area contributed by atoms with Crippen LogP contribution in [-0.2, 0) is 16.1 Å². The molecule has 0 aliphatic carbocycles. The summed E-state index contributed by atoms with van der Waals surface area (Å²) in [4.78, 5) is 17.3. The number of rotatable bonds is 7. The maximum Gasteiger partial charge on any atom is 0.306 e. The number of benzene rings is 2. The lowest BCUT2D eigenvalue weighted by atomic mass is 9.96. The van der Waals surface area contributed by atoms with Crippen LogP contribution in [0.5, 0.6) is 5.75 Å². The summed E-state index contributed by atoms with van der Waals surface area (Å²) in [5.74, 6) is 1.20. The minimum absolute atomic E-state index is 0.0201. The molecule has 4 rings (SSSR count). The minimum Gasteiger partial charge on any atom is -0.497 e.